The first-order valence-corrected chi connectivity index (χ1v) is 11.1. The predicted octanol–water partition coefficient (Wildman–Crippen LogP) is 5.31. The minimum Gasteiger partial charge on any atom is -0.468 e. The van der Waals surface area contributed by atoms with Gasteiger partial charge >= 0.3 is 0 Å². The Kier molecular flexibility index (Phi) is 6.07. The number of nitrogens with zero attached hydrogens (tertiary/aromatic N) is 5. The second-order valence-electron chi connectivity index (χ2n) is 8.34. The summed E-state index contributed by atoms with van der Waals surface area (Å²) in [5.41, 5.74) is 2.12. The van der Waals surface area contributed by atoms with Gasteiger partial charge in [-0.15, -0.1) is 5.10 Å². The molecule has 0 bridgehead atoms. The summed E-state index contributed by atoms with van der Waals surface area (Å²) in [4.78, 5) is 2.29. The Morgan fingerprint density at radius 1 is 0.969 bits per heavy atom. The van der Waals surface area contributed by atoms with Gasteiger partial charge in [0.15, 0.2) is 5.82 Å². The molecule has 32 heavy (non-hydrogen) atoms. The molecule has 0 amide bonds. The number of hydrogen-bond donors (Lipinski definition) is 0. The van der Waals surface area contributed by atoms with Gasteiger partial charge in [-0.05, 0) is 58.7 Å². The van der Waals surface area contributed by atoms with E-state index in [9.17, 15) is 4.39 Å². The van der Waals surface area contributed by atoms with Crippen LogP contribution in [-0.2, 0) is 13.1 Å². The summed E-state index contributed by atoms with van der Waals surface area (Å²) in [6.45, 7) is 1.24. The molecule has 1 fully saturated rings. The van der Waals surface area contributed by atoms with E-state index in [2.05, 4.69) is 32.6 Å². The molecule has 1 atom stereocenters. The largest absolute Gasteiger partial charge is 0.468 e. The smallest absolute Gasteiger partial charge is 0.173 e. The molecule has 2 aromatic heterocycles. The van der Waals surface area contributed by atoms with Crippen LogP contribution in [0.2, 0.25) is 0 Å². The normalized spacial score (nSPS) is 15.4. The molecule has 0 saturated heterocycles. The van der Waals surface area contributed by atoms with Crippen molar-refractivity contribution in [3.63, 3.8) is 0 Å². The van der Waals surface area contributed by atoms with Crippen LogP contribution in [0.4, 0.5) is 4.39 Å². The summed E-state index contributed by atoms with van der Waals surface area (Å²) in [6, 6.07) is 20.9. The first kappa shape index (κ1) is 20.6. The Morgan fingerprint density at radius 2 is 1.75 bits per heavy atom. The summed E-state index contributed by atoms with van der Waals surface area (Å²) in [5, 5.41) is 12.9. The van der Waals surface area contributed by atoms with Crippen molar-refractivity contribution in [2.75, 3.05) is 0 Å². The van der Waals surface area contributed by atoms with Gasteiger partial charge in [0.2, 0.25) is 0 Å². The van der Waals surface area contributed by atoms with E-state index >= 15 is 0 Å². The number of furan rings is 1. The van der Waals surface area contributed by atoms with Gasteiger partial charge in [-0.3, -0.25) is 4.90 Å². The molecule has 5 rings (SSSR count). The second-order valence-corrected chi connectivity index (χ2v) is 8.34. The van der Waals surface area contributed by atoms with Crippen LogP contribution in [0.25, 0.3) is 0 Å². The topological polar surface area (TPSA) is 60.0 Å². The number of halogens is 1. The molecule has 1 saturated carbocycles. The molecule has 0 spiro atoms. The third-order valence-electron chi connectivity index (χ3n) is 6.15. The predicted molar refractivity (Wildman–Crippen MR) is 118 cm³/mol. The Labute approximate surface area is 186 Å². The van der Waals surface area contributed by atoms with E-state index < -0.39 is 0 Å². The minimum atomic E-state index is -0.261. The van der Waals surface area contributed by atoms with Crippen molar-refractivity contribution < 1.29 is 8.81 Å². The molecule has 1 aliphatic carbocycles. The van der Waals surface area contributed by atoms with Crippen molar-refractivity contribution in [1.82, 2.24) is 25.1 Å². The highest BCUT2D eigenvalue weighted by atomic mass is 19.1. The Hall–Kier alpha value is -3.32. The molecular formula is C25H26FN5O. The van der Waals surface area contributed by atoms with Gasteiger partial charge in [0.05, 0.1) is 24.9 Å². The fourth-order valence-corrected chi connectivity index (χ4v) is 4.62. The summed E-state index contributed by atoms with van der Waals surface area (Å²) in [5.74, 6) is 1.38. The molecule has 1 unspecified atom stereocenters. The quantitative estimate of drug-likeness (QED) is 0.378. The average Bonchev–Trinajstić information content (AvgIpc) is 3.59. The van der Waals surface area contributed by atoms with Crippen LogP contribution in [0.5, 0.6) is 0 Å². The zero-order valence-corrected chi connectivity index (χ0v) is 17.8. The molecule has 4 aromatic rings. The van der Waals surface area contributed by atoms with Crippen molar-refractivity contribution in [3.8, 4) is 0 Å². The summed E-state index contributed by atoms with van der Waals surface area (Å²) >= 11 is 0. The van der Waals surface area contributed by atoms with Crippen LogP contribution in [0.15, 0.2) is 77.4 Å². The SMILES string of the molecule is Fc1ccc(C(c2nnnn2C2CCCC2)N(Cc2ccccc2)Cc2ccco2)cc1. The van der Waals surface area contributed by atoms with Crippen LogP contribution >= 0.6 is 0 Å². The highest BCUT2D eigenvalue weighted by molar-refractivity contribution is 5.27. The second kappa shape index (κ2) is 9.44. The molecular weight excluding hydrogens is 405 g/mol. The number of hydrogen-bond acceptors (Lipinski definition) is 5. The third kappa shape index (κ3) is 4.48. The van der Waals surface area contributed by atoms with Gasteiger partial charge in [-0.25, -0.2) is 9.07 Å². The Balaban J connectivity index is 1.59. The lowest BCUT2D eigenvalue weighted by Crippen LogP contribution is -2.32. The molecule has 0 aliphatic heterocycles. The van der Waals surface area contributed by atoms with Gasteiger partial charge in [0, 0.05) is 6.54 Å². The number of rotatable bonds is 8. The lowest BCUT2D eigenvalue weighted by atomic mass is 10.0. The van der Waals surface area contributed by atoms with E-state index in [0.717, 1.165) is 30.0 Å². The monoisotopic (exact) mass is 431 g/mol. The summed E-state index contributed by atoms with van der Waals surface area (Å²) in [7, 11) is 0. The van der Waals surface area contributed by atoms with Crippen molar-refractivity contribution in [3.05, 3.63) is 102 Å². The molecule has 2 aromatic carbocycles. The third-order valence-corrected chi connectivity index (χ3v) is 6.15. The first-order valence-electron chi connectivity index (χ1n) is 11.1. The summed E-state index contributed by atoms with van der Waals surface area (Å²) in [6.07, 6.45) is 6.21. The van der Waals surface area contributed by atoms with Gasteiger partial charge < -0.3 is 4.42 Å². The zero-order chi connectivity index (χ0) is 21.8. The molecule has 1 aliphatic rings. The fraction of sp³-hybridized carbons (Fsp3) is 0.320. The van der Waals surface area contributed by atoms with Crippen LogP contribution in [0, 0.1) is 5.82 Å². The van der Waals surface area contributed by atoms with Crippen LogP contribution in [0.3, 0.4) is 0 Å². The van der Waals surface area contributed by atoms with E-state index in [1.165, 1.54) is 30.5 Å². The lowest BCUT2D eigenvalue weighted by Gasteiger charge is -2.31. The Morgan fingerprint density at radius 3 is 2.47 bits per heavy atom. The van der Waals surface area contributed by atoms with Crippen molar-refractivity contribution >= 4 is 0 Å². The highest BCUT2D eigenvalue weighted by Gasteiger charge is 2.32. The number of tetrazole rings is 1. The zero-order valence-electron chi connectivity index (χ0n) is 17.8. The molecule has 0 radical (unpaired) electrons. The van der Waals surface area contributed by atoms with Gasteiger partial charge in [0.25, 0.3) is 0 Å². The van der Waals surface area contributed by atoms with Gasteiger partial charge in [-0.1, -0.05) is 55.3 Å². The van der Waals surface area contributed by atoms with Crippen molar-refractivity contribution in [2.45, 2.75) is 50.9 Å². The van der Waals surface area contributed by atoms with Gasteiger partial charge in [0.1, 0.15) is 11.6 Å². The van der Waals surface area contributed by atoms with Crippen molar-refractivity contribution in [2.24, 2.45) is 0 Å². The van der Waals surface area contributed by atoms with E-state index in [4.69, 9.17) is 4.42 Å². The van der Waals surface area contributed by atoms with E-state index in [1.807, 2.05) is 47.1 Å². The molecule has 2 heterocycles. The maximum absolute atomic E-state index is 13.8. The molecule has 164 valence electrons. The standard InChI is InChI=1S/C25H26FN5O/c26-21-14-12-20(13-15-21)24(25-27-28-29-31(25)22-9-4-5-10-22)30(18-23-11-6-16-32-23)17-19-7-2-1-3-8-19/h1-3,6-8,11-16,22,24H,4-5,9-10,17-18H2. The summed E-state index contributed by atoms with van der Waals surface area (Å²) < 4.78 is 21.5. The van der Waals surface area contributed by atoms with Crippen LogP contribution < -0.4 is 0 Å². The molecule has 7 heteroatoms. The number of aromatic nitrogens is 4. The van der Waals surface area contributed by atoms with Gasteiger partial charge in [-0.2, -0.15) is 0 Å². The maximum atomic E-state index is 13.8. The van der Waals surface area contributed by atoms with E-state index in [-0.39, 0.29) is 11.9 Å². The number of benzene rings is 2. The molecule has 6 nitrogen and oxygen atoms in total. The average molecular weight is 432 g/mol. The maximum Gasteiger partial charge on any atom is 0.173 e. The first-order chi connectivity index (χ1) is 15.8. The highest BCUT2D eigenvalue weighted by Crippen LogP contribution is 2.35. The van der Waals surface area contributed by atoms with Crippen LogP contribution in [0.1, 0.15) is 60.5 Å². The lowest BCUT2D eigenvalue weighted by molar-refractivity contribution is 0.177. The van der Waals surface area contributed by atoms with E-state index in [0.29, 0.717) is 19.1 Å². The van der Waals surface area contributed by atoms with Crippen molar-refractivity contribution in [1.29, 1.82) is 0 Å². The van der Waals surface area contributed by atoms with E-state index in [1.54, 1.807) is 6.26 Å². The molecule has 0 N–H and O–H groups in total. The minimum absolute atomic E-state index is 0.253. The fourth-order valence-electron chi connectivity index (χ4n) is 4.62. The Bertz CT molecular complexity index is 1100. The van der Waals surface area contributed by atoms with Crippen LogP contribution in [-0.4, -0.2) is 25.1 Å².